The Labute approximate surface area is 174 Å². The van der Waals surface area contributed by atoms with Gasteiger partial charge in [0.05, 0.1) is 19.3 Å². The molecule has 0 spiro atoms. The minimum absolute atomic E-state index is 0.323. The molecule has 1 aliphatic carbocycles. The van der Waals surface area contributed by atoms with Crippen molar-refractivity contribution in [1.29, 1.82) is 5.41 Å². The number of hydrogen-bond acceptors (Lipinski definition) is 7. The molecule has 0 radical (unpaired) electrons. The van der Waals surface area contributed by atoms with E-state index < -0.39 is 0 Å². The van der Waals surface area contributed by atoms with Gasteiger partial charge in [-0.1, -0.05) is 6.92 Å². The topological polar surface area (TPSA) is 86.7 Å². The molecule has 29 heavy (non-hydrogen) atoms. The third-order valence-electron chi connectivity index (χ3n) is 5.96. The van der Waals surface area contributed by atoms with Crippen LogP contribution in [0, 0.1) is 5.41 Å². The van der Waals surface area contributed by atoms with Gasteiger partial charge < -0.3 is 30.4 Å². The highest BCUT2D eigenvalue weighted by Gasteiger charge is 2.26. The van der Waals surface area contributed by atoms with Gasteiger partial charge in [0.25, 0.3) is 0 Å². The summed E-state index contributed by atoms with van der Waals surface area (Å²) in [6, 6.07) is 2.69. The van der Waals surface area contributed by atoms with Crippen LogP contribution in [0.4, 0.5) is 11.4 Å². The Morgan fingerprint density at radius 3 is 2.52 bits per heavy atom. The van der Waals surface area contributed by atoms with Crippen LogP contribution in [0.5, 0.6) is 0 Å². The zero-order valence-corrected chi connectivity index (χ0v) is 18.4. The molecule has 2 rings (SSSR count). The van der Waals surface area contributed by atoms with Crippen molar-refractivity contribution in [2.24, 2.45) is 0 Å². The van der Waals surface area contributed by atoms with E-state index in [1.54, 1.807) is 20.2 Å². The lowest BCUT2D eigenvalue weighted by Crippen LogP contribution is -2.40. The van der Waals surface area contributed by atoms with Crippen molar-refractivity contribution >= 4 is 23.6 Å². The maximum Gasteiger partial charge on any atom is 0.338 e. The van der Waals surface area contributed by atoms with E-state index in [-0.39, 0.29) is 5.97 Å². The fourth-order valence-corrected chi connectivity index (χ4v) is 4.20. The summed E-state index contributed by atoms with van der Waals surface area (Å²) in [5, 5.41) is 14.7. The highest BCUT2D eigenvalue weighted by molar-refractivity contribution is 6.01. The fourth-order valence-electron chi connectivity index (χ4n) is 4.20. The van der Waals surface area contributed by atoms with E-state index in [0.29, 0.717) is 24.1 Å². The molecule has 0 unspecified atom stereocenters. The summed E-state index contributed by atoms with van der Waals surface area (Å²) in [6.45, 7) is 3.73. The van der Waals surface area contributed by atoms with Crippen LogP contribution in [0.1, 0.15) is 54.1 Å². The smallest absolute Gasteiger partial charge is 0.338 e. The van der Waals surface area contributed by atoms with Gasteiger partial charge in [-0.05, 0) is 50.8 Å². The van der Waals surface area contributed by atoms with E-state index in [0.717, 1.165) is 61.3 Å². The van der Waals surface area contributed by atoms with Gasteiger partial charge in [-0.2, -0.15) is 0 Å². The van der Waals surface area contributed by atoms with E-state index in [2.05, 4.69) is 22.6 Å². The van der Waals surface area contributed by atoms with Gasteiger partial charge in [0.2, 0.25) is 0 Å². The van der Waals surface area contributed by atoms with Crippen molar-refractivity contribution in [2.75, 3.05) is 52.1 Å². The van der Waals surface area contributed by atoms with E-state index in [1.807, 2.05) is 6.92 Å². The van der Waals surface area contributed by atoms with Gasteiger partial charge in [-0.3, -0.25) is 0 Å². The molecule has 7 nitrogen and oxygen atoms in total. The van der Waals surface area contributed by atoms with E-state index in [1.165, 1.54) is 13.3 Å². The number of benzene rings is 1. The first kappa shape index (κ1) is 23.2. The number of methoxy groups -OCH3 is 2. The van der Waals surface area contributed by atoms with E-state index in [4.69, 9.17) is 14.9 Å². The molecule has 0 heterocycles. The average Bonchev–Trinajstić information content (AvgIpc) is 2.76. The van der Waals surface area contributed by atoms with Crippen molar-refractivity contribution < 1.29 is 14.3 Å². The Bertz CT molecular complexity index is 700. The predicted molar refractivity (Wildman–Crippen MR) is 119 cm³/mol. The molecule has 0 amide bonds. The van der Waals surface area contributed by atoms with Crippen molar-refractivity contribution in [2.45, 2.75) is 51.1 Å². The monoisotopic (exact) mass is 404 g/mol. The maximum absolute atomic E-state index is 12.4. The summed E-state index contributed by atoms with van der Waals surface area (Å²) in [7, 11) is 7.11. The van der Waals surface area contributed by atoms with Crippen LogP contribution in [-0.4, -0.2) is 70.6 Å². The highest BCUT2D eigenvalue weighted by atomic mass is 16.5. The standard InChI is InChI=1S/C22H36N4O3/c1-6-17-18(22(27)29-5)13-20(24-2)19(14-23)21(17)25-15-7-9-16(10-8-15)26(3)11-12-28-4/h13-16,23-25H,6-12H2,1-5H3. The summed E-state index contributed by atoms with van der Waals surface area (Å²) in [5.74, 6) is -0.346. The van der Waals surface area contributed by atoms with Gasteiger partial charge in [-0.25, -0.2) is 4.79 Å². The van der Waals surface area contributed by atoms with Crippen LogP contribution < -0.4 is 10.6 Å². The highest BCUT2D eigenvalue weighted by Crippen LogP contribution is 2.34. The molecule has 0 aliphatic heterocycles. The first-order valence-corrected chi connectivity index (χ1v) is 10.4. The first-order valence-electron chi connectivity index (χ1n) is 10.4. The minimum Gasteiger partial charge on any atom is -0.465 e. The van der Waals surface area contributed by atoms with Crippen LogP contribution in [-0.2, 0) is 15.9 Å². The molecular weight excluding hydrogens is 368 g/mol. The second-order valence-electron chi connectivity index (χ2n) is 7.60. The van der Waals surface area contributed by atoms with Crippen LogP contribution in [0.25, 0.3) is 0 Å². The number of carbonyl (C=O) groups excluding carboxylic acids is 1. The summed E-state index contributed by atoms with van der Waals surface area (Å²) in [5.41, 5.74) is 3.89. The van der Waals surface area contributed by atoms with Crippen LogP contribution in [0.15, 0.2) is 6.07 Å². The van der Waals surface area contributed by atoms with E-state index in [9.17, 15) is 4.79 Å². The minimum atomic E-state index is -0.346. The quantitative estimate of drug-likeness (QED) is 0.409. The Morgan fingerprint density at radius 1 is 1.31 bits per heavy atom. The van der Waals surface area contributed by atoms with Gasteiger partial charge in [0.1, 0.15) is 0 Å². The second kappa shape index (κ2) is 11.2. The first-order chi connectivity index (χ1) is 14.0. The summed E-state index contributed by atoms with van der Waals surface area (Å²) >= 11 is 0. The zero-order valence-electron chi connectivity index (χ0n) is 18.4. The molecule has 7 heteroatoms. The maximum atomic E-state index is 12.4. The Hall–Kier alpha value is -2.12. The second-order valence-corrected chi connectivity index (χ2v) is 7.60. The molecule has 0 aromatic heterocycles. The number of ether oxygens (including phenoxy) is 2. The Kier molecular flexibility index (Phi) is 8.92. The summed E-state index contributed by atoms with van der Waals surface area (Å²) in [4.78, 5) is 14.7. The fraction of sp³-hybridized carbons (Fsp3) is 0.636. The molecule has 1 aliphatic rings. The number of carbonyl (C=O) groups is 1. The molecule has 1 aromatic carbocycles. The molecule has 162 valence electrons. The van der Waals surface area contributed by atoms with Crippen LogP contribution >= 0.6 is 0 Å². The molecule has 1 saturated carbocycles. The predicted octanol–water partition coefficient (Wildman–Crippen LogP) is 3.38. The van der Waals surface area contributed by atoms with Crippen molar-refractivity contribution in [3.63, 3.8) is 0 Å². The normalized spacial score (nSPS) is 19.1. The van der Waals surface area contributed by atoms with Crippen LogP contribution in [0.2, 0.25) is 0 Å². The van der Waals surface area contributed by atoms with Gasteiger partial charge in [0.15, 0.2) is 0 Å². The lowest BCUT2D eigenvalue weighted by atomic mass is 9.89. The average molecular weight is 405 g/mol. The summed E-state index contributed by atoms with van der Waals surface area (Å²) in [6.07, 6.45) is 6.40. The number of esters is 1. The van der Waals surface area contributed by atoms with E-state index >= 15 is 0 Å². The Balaban J connectivity index is 2.23. The number of likely N-dealkylation sites (N-methyl/N-ethyl adjacent to an activating group) is 1. The lowest BCUT2D eigenvalue weighted by Gasteiger charge is -2.36. The third-order valence-corrected chi connectivity index (χ3v) is 5.96. The SMILES string of the molecule is CCc1c(C(=O)OC)cc(NC)c(C=N)c1NC1CCC(N(C)CCOC)CC1. The molecule has 0 atom stereocenters. The zero-order chi connectivity index (χ0) is 21.4. The molecular formula is C22H36N4O3. The molecule has 1 fully saturated rings. The van der Waals surface area contributed by atoms with Gasteiger partial charge in [-0.15, -0.1) is 0 Å². The molecule has 0 bridgehead atoms. The van der Waals surface area contributed by atoms with Gasteiger partial charge >= 0.3 is 5.97 Å². The van der Waals surface area contributed by atoms with Crippen molar-refractivity contribution in [1.82, 2.24) is 4.90 Å². The number of rotatable bonds is 10. The Morgan fingerprint density at radius 2 is 2.00 bits per heavy atom. The van der Waals surface area contributed by atoms with Crippen molar-refractivity contribution in [3.8, 4) is 0 Å². The number of hydrogen-bond donors (Lipinski definition) is 3. The molecule has 0 saturated heterocycles. The lowest BCUT2D eigenvalue weighted by molar-refractivity contribution is 0.0599. The van der Waals surface area contributed by atoms with Gasteiger partial charge in [0, 0.05) is 55.9 Å². The number of nitrogens with one attached hydrogen (secondary N) is 3. The molecule has 1 aromatic rings. The third kappa shape index (κ3) is 5.48. The number of nitrogens with zero attached hydrogens (tertiary/aromatic N) is 1. The molecule has 3 N–H and O–H groups in total. The largest absolute Gasteiger partial charge is 0.465 e. The van der Waals surface area contributed by atoms with Crippen molar-refractivity contribution in [3.05, 3.63) is 22.8 Å². The van der Waals surface area contributed by atoms with Crippen LogP contribution in [0.3, 0.4) is 0 Å². The summed E-state index contributed by atoms with van der Waals surface area (Å²) < 4.78 is 10.2. The number of anilines is 2.